The van der Waals surface area contributed by atoms with Crippen molar-refractivity contribution in [1.82, 2.24) is 10.6 Å². The molecule has 0 heterocycles. The van der Waals surface area contributed by atoms with Crippen molar-refractivity contribution in [2.75, 3.05) is 0 Å². The molecule has 0 aliphatic rings. The predicted molar refractivity (Wildman–Crippen MR) is 76.2 cm³/mol. The van der Waals surface area contributed by atoms with Gasteiger partial charge in [-0.25, -0.2) is 4.79 Å². The number of aliphatic carboxylic acids is 1. The molecule has 0 aromatic rings. The van der Waals surface area contributed by atoms with Crippen LogP contribution in [-0.4, -0.2) is 35.0 Å². The van der Waals surface area contributed by atoms with E-state index in [2.05, 4.69) is 10.6 Å². The van der Waals surface area contributed by atoms with E-state index in [0.717, 1.165) is 0 Å². The van der Waals surface area contributed by atoms with Crippen LogP contribution in [0.15, 0.2) is 0 Å². The lowest BCUT2D eigenvalue weighted by molar-refractivity contribution is -0.142. The first-order chi connectivity index (χ1) is 9.06. The van der Waals surface area contributed by atoms with Crippen molar-refractivity contribution in [3.63, 3.8) is 0 Å². The molecule has 0 saturated heterocycles. The van der Waals surface area contributed by atoms with Crippen LogP contribution in [-0.2, 0) is 14.4 Å². The Labute approximate surface area is 120 Å². The molecule has 3 N–H and O–H groups in total. The Bertz CT molecular complexity index is 361. The summed E-state index contributed by atoms with van der Waals surface area (Å²) in [5, 5.41) is 14.0. The summed E-state index contributed by atoms with van der Waals surface area (Å²) in [6.45, 7) is 9.18. The fourth-order valence-corrected chi connectivity index (χ4v) is 1.68. The summed E-state index contributed by atoms with van der Waals surface area (Å²) in [5.74, 6) is -1.76. The molecule has 0 fully saturated rings. The molecule has 0 spiro atoms. The maximum Gasteiger partial charge on any atom is 0.326 e. The predicted octanol–water partition coefficient (Wildman–Crippen LogP) is 1.30. The van der Waals surface area contributed by atoms with Gasteiger partial charge in [-0.15, -0.1) is 0 Å². The molecule has 2 unspecified atom stereocenters. The smallest absolute Gasteiger partial charge is 0.326 e. The van der Waals surface area contributed by atoms with Gasteiger partial charge in [-0.2, -0.15) is 0 Å². The van der Waals surface area contributed by atoms with Crippen molar-refractivity contribution < 1.29 is 19.5 Å². The van der Waals surface area contributed by atoms with Gasteiger partial charge in [-0.05, 0) is 18.8 Å². The van der Waals surface area contributed by atoms with Gasteiger partial charge in [-0.1, -0.05) is 34.1 Å². The van der Waals surface area contributed by atoms with E-state index >= 15 is 0 Å². The zero-order valence-electron chi connectivity index (χ0n) is 12.9. The van der Waals surface area contributed by atoms with E-state index in [4.69, 9.17) is 5.11 Å². The maximum atomic E-state index is 11.8. The highest BCUT2D eigenvalue weighted by atomic mass is 16.4. The lowest BCUT2D eigenvalue weighted by atomic mass is 9.92. The average molecular weight is 286 g/mol. The van der Waals surface area contributed by atoms with E-state index in [9.17, 15) is 14.4 Å². The third-order valence-corrected chi connectivity index (χ3v) is 2.65. The van der Waals surface area contributed by atoms with Gasteiger partial charge in [0.05, 0.1) is 0 Å². The van der Waals surface area contributed by atoms with Gasteiger partial charge in [0, 0.05) is 6.42 Å². The molecule has 2 amide bonds. The first-order valence-corrected chi connectivity index (χ1v) is 6.89. The molecule has 0 aliphatic carbocycles. The Balaban J connectivity index is 4.40. The number of amides is 2. The molecule has 6 heteroatoms. The van der Waals surface area contributed by atoms with Crippen LogP contribution in [0.3, 0.4) is 0 Å². The van der Waals surface area contributed by atoms with Gasteiger partial charge < -0.3 is 15.7 Å². The Morgan fingerprint density at radius 3 is 2.10 bits per heavy atom. The molecule has 0 rings (SSSR count). The lowest BCUT2D eigenvalue weighted by Crippen LogP contribution is -2.50. The fourth-order valence-electron chi connectivity index (χ4n) is 1.68. The number of carbonyl (C=O) groups is 3. The standard InChI is InChI=1S/C14H26N2O4/c1-6-7-10(13(19)20)16-12(18)9(2)15-11(17)8-14(3,4)5/h9-10H,6-8H2,1-5H3,(H,15,17)(H,16,18)(H,19,20). The van der Waals surface area contributed by atoms with Crippen LogP contribution in [0.25, 0.3) is 0 Å². The molecule has 0 radical (unpaired) electrons. The Morgan fingerprint density at radius 2 is 1.70 bits per heavy atom. The molecule has 0 saturated carbocycles. The van der Waals surface area contributed by atoms with Gasteiger partial charge >= 0.3 is 5.97 Å². The molecule has 2 atom stereocenters. The minimum Gasteiger partial charge on any atom is -0.480 e. The summed E-state index contributed by atoms with van der Waals surface area (Å²) >= 11 is 0. The molecule has 20 heavy (non-hydrogen) atoms. The molecule has 0 bridgehead atoms. The van der Waals surface area contributed by atoms with Gasteiger partial charge in [0.1, 0.15) is 12.1 Å². The third-order valence-electron chi connectivity index (χ3n) is 2.65. The lowest BCUT2D eigenvalue weighted by Gasteiger charge is -2.21. The topological polar surface area (TPSA) is 95.5 Å². The third kappa shape index (κ3) is 7.76. The highest BCUT2D eigenvalue weighted by molar-refractivity contribution is 5.90. The molecular weight excluding hydrogens is 260 g/mol. The number of carbonyl (C=O) groups excluding carboxylic acids is 2. The van der Waals surface area contributed by atoms with Crippen molar-refractivity contribution in [2.45, 2.75) is 66.0 Å². The van der Waals surface area contributed by atoms with Gasteiger partial charge in [0.25, 0.3) is 0 Å². The fraction of sp³-hybridized carbons (Fsp3) is 0.786. The summed E-state index contributed by atoms with van der Waals surface area (Å²) in [7, 11) is 0. The normalized spacial score (nSPS) is 14.2. The van der Waals surface area contributed by atoms with Crippen LogP contribution >= 0.6 is 0 Å². The summed E-state index contributed by atoms with van der Waals surface area (Å²) in [6, 6.07) is -1.65. The first-order valence-electron chi connectivity index (χ1n) is 6.89. The van der Waals surface area contributed by atoms with Crippen LogP contribution < -0.4 is 10.6 Å². The van der Waals surface area contributed by atoms with E-state index in [0.29, 0.717) is 19.3 Å². The summed E-state index contributed by atoms with van der Waals surface area (Å²) in [4.78, 5) is 34.5. The Hall–Kier alpha value is -1.59. The second kappa shape index (κ2) is 7.87. The van der Waals surface area contributed by atoms with Crippen LogP contribution in [0.1, 0.15) is 53.9 Å². The number of hydrogen-bond acceptors (Lipinski definition) is 3. The Morgan fingerprint density at radius 1 is 1.15 bits per heavy atom. The summed E-state index contributed by atoms with van der Waals surface area (Å²) in [6.07, 6.45) is 1.33. The highest BCUT2D eigenvalue weighted by Gasteiger charge is 2.24. The van der Waals surface area contributed by atoms with Crippen molar-refractivity contribution in [2.24, 2.45) is 5.41 Å². The number of nitrogens with one attached hydrogen (secondary N) is 2. The number of carboxylic acids is 1. The van der Waals surface area contributed by atoms with Crippen LogP contribution in [0.5, 0.6) is 0 Å². The molecule has 0 aromatic carbocycles. The molecule has 0 aromatic heterocycles. The highest BCUT2D eigenvalue weighted by Crippen LogP contribution is 2.17. The molecule has 116 valence electrons. The summed E-state index contributed by atoms with van der Waals surface area (Å²) < 4.78 is 0. The van der Waals surface area contributed by atoms with E-state index in [1.165, 1.54) is 0 Å². The number of hydrogen-bond donors (Lipinski definition) is 3. The second-order valence-electron chi connectivity index (χ2n) is 6.21. The minimum atomic E-state index is -1.06. The second-order valence-corrected chi connectivity index (χ2v) is 6.21. The molecular formula is C14H26N2O4. The van der Waals surface area contributed by atoms with Crippen molar-refractivity contribution in [3.8, 4) is 0 Å². The monoisotopic (exact) mass is 286 g/mol. The van der Waals surface area contributed by atoms with Crippen molar-refractivity contribution in [1.29, 1.82) is 0 Å². The van der Waals surface area contributed by atoms with Crippen molar-refractivity contribution >= 4 is 17.8 Å². The van der Waals surface area contributed by atoms with Gasteiger partial charge in [0.2, 0.25) is 11.8 Å². The molecule has 6 nitrogen and oxygen atoms in total. The van der Waals surface area contributed by atoms with Crippen molar-refractivity contribution in [3.05, 3.63) is 0 Å². The first kappa shape index (κ1) is 18.4. The zero-order valence-corrected chi connectivity index (χ0v) is 12.9. The van der Waals surface area contributed by atoms with E-state index in [1.54, 1.807) is 6.92 Å². The van der Waals surface area contributed by atoms with E-state index in [1.807, 2.05) is 27.7 Å². The maximum absolute atomic E-state index is 11.8. The van der Waals surface area contributed by atoms with Gasteiger partial charge in [-0.3, -0.25) is 9.59 Å². The quantitative estimate of drug-likeness (QED) is 0.657. The van der Waals surface area contributed by atoms with Gasteiger partial charge in [0.15, 0.2) is 0 Å². The molecule has 0 aliphatic heterocycles. The van der Waals surface area contributed by atoms with E-state index < -0.39 is 24.0 Å². The minimum absolute atomic E-state index is 0.161. The van der Waals surface area contributed by atoms with E-state index in [-0.39, 0.29) is 11.3 Å². The zero-order chi connectivity index (χ0) is 15.9. The largest absolute Gasteiger partial charge is 0.480 e. The number of carboxylic acid groups (broad SMARTS) is 1. The average Bonchev–Trinajstić information content (AvgIpc) is 2.25. The summed E-state index contributed by atoms with van der Waals surface area (Å²) in [5.41, 5.74) is -0.161. The van der Waals surface area contributed by atoms with Crippen LogP contribution in [0, 0.1) is 5.41 Å². The SMILES string of the molecule is CCCC(NC(=O)C(C)NC(=O)CC(C)(C)C)C(=O)O. The van der Waals surface area contributed by atoms with Crippen LogP contribution in [0.4, 0.5) is 0 Å². The van der Waals surface area contributed by atoms with Crippen LogP contribution in [0.2, 0.25) is 0 Å². The Kier molecular flexibility index (Phi) is 7.24. The number of rotatable bonds is 7.